The van der Waals surface area contributed by atoms with Crippen molar-refractivity contribution in [3.63, 3.8) is 0 Å². The number of nitrogens with zero attached hydrogens (tertiary/aromatic N) is 1. The first-order chi connectivity index (χ1) is 10.7. The van der Waals surface area contributed by atoms with Crippen LogP contribution in [-0.2, 0) is 16.5 Å². The van der Waals surface area contributed by atoms with Crippen LogP contribution in [0.15, 0.2) is 33.3 Å². The first kappa shape index (κ1) is 16.4. The van der Waals surface area contributed by atoms with Crippen LogP contribution in [0.5, 0.6) is 0 Å². The summed E-state index contributed by atoms with van der Waals surface area (Å²) in [5.41, 5.74) is 0.526. The van der Waals surface area contributed by atoms with Gasteiger partial charge in [-0.3, -0.25) is 9.35 Å². The van der Waals surface area contributed by atoms with E-state index in [1.807, 2.05) is 0 Å². The Morgan fingerprint density at radius 2 is 1.96 bits per heavy atom. The third-order valence-electron chi connectivity index (χ3n) is 3.02. The maximum absolute atomic E-state index is 12.0. The zero-order valence-corrected chi connectivity index (χ0v) is 14.4. The van der Waals surface area contributed by atoms with Gasteiger partial charge < -0.3 is 4.98 Å². The predicted octanol–water partition coefficient (Wildman–Crippen LogP) is 3.13. The van der Waals surface area contributed by atoms with Gasteiger partial charge in [0.2, 0.25) is 0 Å². The highest BCUT2D eigenvalue weighted by Crippen LogP contribution is 2.26. The molecule has 0 amide bonds. The van der Waals surface area contributed by atoms with Crippen LogP contribution in [0.1, 0.15) is 11.4 Å². The van der Waals surface area contributed by atoms with E-state index < -0.39 is 15.7 Å². The zero-order chi connectivity index (χ0) is 16.8. The number of rotatable bonds is 3. The van der Waals surface area contributed by atoms with Gasteiger partial charge in [0.15, 0.2) is 0 Å². The highest BCUT2D eigenvalue weighted by Gasteiger charge is 2.17. The molecular formula is C13H8Cl2N2O4S2. The summed E-state index contributed by atoms with van der Waals surface area (Å²) in [6.07, 6.45) is 0.291. The highest BCUT2D eigenvalue weighted by atomic mass is 35.5. The summed E-state index contributed by atoms with van der Waals surface area (Å²) in [6.45, 7) is 0. The zero-order valence-electron chi connectivity index (χ0n) is 11.2. The van der Waals surface area contributed by atoms with E-state index in [-0.39, 0.29) is 14.4 Å². The lowest BCUT2D eigenvalue weighted by Crippen LogP contribution is -2.10. The van der Waals surface area contributed by atoms with Gasteiger partial charge in [-0.25, -0.2) is 4.98 Å². The molecule has 0 saturated carbocycles. The van der Waals surface area contributed by atoms with Gasteiger partial charge in [-0.2, -0.15) is 8.42 Å². The predicted molar refractivity (Wildman–Crippen MR) is 89.3 cm³/mol. The molecule has 23 heavy (non-hydrogen) atoms. The minimum atomic E-state index is -4.37. The average molecular weight is 391 g/mol. The number of hydrogen-bond acceptors (Lipinski definition) is 5. The van der Waals surface area contributed by atoms with E-state index in [2.05, 4.69) is 9.97 Å². The molecule has 0 atom stereocenters. The number of H-pyrrole nitrogens is 1. The number of benzene rings is 1. The quantitative estimate of drug-likeness (QED) is 0.669. The maximum atomic E-state index is 12.0. The van der Waals surface area contributed by atoms with E-state index in [9.17, 15) is 13.2 Å². The number of nitrogens with one attached hydrogen (secondary N) is 1. The molecule has 0 fully saturated rings. The Morgan fingerprint density at radius 3 is 2.61 bits per heavy atom. The van der Waals surface area contributed by atoms with Gasteiger partial charge >= 0.3 is 10.1 Å². The molecule has 0 saturated heterocycles. The van der Waals surface area contributed by atoms with E-state index in [1.54, 1.807) is 18.2 Å². The molecule has 0 aliphatic rings. The summed E-state index contributed by atoms with van der Waals surface area (Å²) in [4.78, 5) is 18.9. The van der Waals surface area contributed by atoms with Crippen molar-refractivity contribution in [3.8, 4) is 0 Å². The molecule has 10 heteroatoms. The van der Waals surface area contributed by atoms with Crippen LogP contribution in [0.3, 0.4) is 0 Å². The first-order valence-electron chi connectivity index (χ1n) is 6.18. The molecule has 0 spiro atoms. The van der Waals surface area contributed by atoms with Crippen molar-refractivity contribution in [2.45, 2.75) is 10.6 Å². The minimum absolute atomic E-state index is 0.135. The van der Waals surface area contributed by atoms with E-state index in [0.717, 1.165) is 5.56 Å². The van der Waals surface area contributed by atoms with E-state index in [1.165, 1.54) is 6.07 Å². The summed E-state index contributed by atoms with van der Waals surface area (Å²) >= 11 is 12.5. The van der Waals surface area contributed by atoms with Crippen molar-refractivity contribution in [2.24, 2.45) is 0 Å². The van der Waals surface area contributed by atoms with Crippen LogP contribution < -0.4 is 5.56 Å². The number of thiophene rings is 1. The van der Waals surface area contributed by atoms with Crippen molar-refractivity contribution in [1.29, 1.82) is 0 Å². The summed E-state index contributed by atoms with van der Waals surface area (Å²) in [6, 6.07) is 6.21. The van der Waals surface area contributed by atoms with Crippen LogP contribution in [-0.4, -0.2) is 22.9 Å². The second-order valence-corrected chi connectivity index (χ2v) is 8.21. The molecule has 2 heterocycles. The van der Waals surface area contributed by atoms with Crippen molar-refractivity contribution in [1.82, 2.24) is 9.97 Å². The Hall–Kier alpha value is -1.45. The van der Waals surface area contributed by atoms with Crippen molar-refractivity contribution in [3.05, 3.63) is 56.1 Å². The number of fused-ring (bicyclic) bond motifs is 1. The lowest BCUT2D eigenvalue weighted by atomic mass is 10.1. The fourth-order valence-electron chi connectivity index (χ4n) is 2.02. The summed E-state index contributed by atoms with van der Waals surface area (Å²) in [7, 11) is -4.37. The smallest absolute Gasteiger partial charge is 0.304 e. The van der Waals surface area contributed by atoms with Gasteiger partial charge in [0.1, 0.15) is 14.7 Å². The van der Waals surface area contributed by atoms with Gasteiger partial charge in [0.25, 0.3) is 5.56 Å². The summed E-state index contributed by atoms with van der Waals surface area (Å²) < 4.78 is 31.2. The molecule has 6 nitrogen and oxygen atoms in total. The lowest BCUT2D eigenvalue weighted by molar-refractivity contribution is 0.485. The molecule has 2 N–H and O–H groups in total. The van der Waals surface area contributed by atoms with E-state index in [0.29, 0.717) is 33.6 Å². The number of aromatic amines is 1. The topological polar surface area (TPSA) is 100 Å². The normalized spacial score (nSPS) is 12.0. The highest BCUT2D eigenvalue weighted by molar-refractivity contribution is 7.88. The lowest BCUT2D eigenvalue weighted by Gasteiger charge is -2.03. The van der Waals surface area contributed by atoms with Crippen molar-refractivity contribution < 1.29 is 13.0 Å². The van der Waals surface area contributed by atoms with E-state index >= 15 is 0 Å². The van der Waals surface area contributed by atoms with Crippen LogP contribution in [0.2, 0.25) is 10.0 Å². The summed E-state index contributed by atoms with van der Waals surface area (Å²) in [5.74, 6) is 0.348. The van der Waals surface area contributed by atoms with Gasteiger partial charge in [0.05, 0.1) is 15.6 Å². The Balaban J connectivity index is 2.05. The molecule has 0 unspecified atom stereocenters. The minimum Gasteiger partial charge on any atom is -0.309 e. The molecule has 0 radical (unpaired) electrons. The van der Waals surface area contributed by atoms with Crippen LogP contribution in [0, 0.1) is 0 Å². The fourth-order valence-corrected chi connectivity index (χ4v) is 4.00. The van der Waals surface area contributed by atoms with E-state index in [4.69, 9.17) is 27.8 Å². The molecule has 0 bridgehead atoms. The average Bonchev–Trinajstić information content (AvgIpc) is 2.87. The number of halogens is 2. The molecule has 120 valence electrons. The molecule has 1 aromatic carbocycles. The van der Waals surface area contributed by atoms with Gasteiger partial charge in [-0.05, 0) is 23.8 Å². The Bertz CT molecular complexity index is 1070. The summed E-state index contributed by atoms with van der Waals surface area (Å²) in [5, 5.41) is 0.805. The molecule has 3 aromatic rings. The van der Waals surface area contributed by atoms with Gasteiger partial charge in [-0.15, -0.1) is 11.3 Å². The Labute approximate surface area is 144 Å². The maximum Gasteiger partial charge on any atom is 0.304 e. The van der Waals surface area contributed by atoms with Crippen molar-refractivity contribution in [2.75, 3.05) is 0 Å². The molecule has 0 aliphatic heterocycles. The standard InChI is InChI=1S/C13H8Cl2N2O4S2/c14-7-2-1-6(3-8(7)15)4-10-16-9-5-11(23(19,20)21)22-12(9)13(18)17-10/h1-3,5H,4H2,(H,16,17,18)(H,19,20,21). The molecular weight excluding hydrogens is 383 g/mol. The second kappa shape index (κ2) is 5.88. The third-order valence-corrected chi connectivity index (χ3v) is 6.18. The van der Waals surface area contributed by atoms with Gasteiger partial charge in [-0.1, -0.05) is 29.3 Å². The monoisotopic (exact) mass is 390 g/mol. The fraction of sp³-hybridized carbons (Fsp3) is 0.0769. The van der Waals surface area contributed by atoms with Crippen molar-refractivity contribution >= 4 is 54.9 Å². The number of aromatic nitrogens is 2. The number of hydrogen-bond donors (Lipinski definition) is 2. The second-order valence-electron chi connectivity index (χ2n) is 4.69. The Kier molecular flexibility index (Phi) is 4.19. The van der Waals surface area contributed by atoms with Gasteiger partial charge in [0, 0.05) is 6.42 Å². The van der Waals surface area contributed by atoms with Crippen LogP contribution >= 0.6 is 34.5 Å². The molecule has 2 aromatic heterocycles. The third kappa shape index (κ3) is 3.41. The molecule has 3 rings (SSSR count). The SMILES string of the molecule is O=c1[nH]c(Cc2ccc(Cl)c(Cl)c2)nc2cc(S(=O)(=O)O)sc12. The molecule has 0 aliphatic carbocycles. The van der Waals surface area contributed by atoms with Crippen LogP contribution in [0.4, 0.5) is 0 Å². The van der Waals surface area contributed by atoms with Crippen LogP contribution in [0.25, 0.3) is 10.2 Å². The first-order valence-corrected chi connectivity index (χ1v) is 9.19. The largest absolute Gasteiger partial charge is 0.309 e. The Morgan fingerprint density at radius 1 is 1.22 bits per heavy atom.